The van der Waals surface area contributed by atoms with E-state index in [1.807, 2.05) is 0 Å². The Labute approximate surface area is 238 Å². The van der Waals surface area contributed by atoms with Crippen molar-refractivity contribution in [2.75, 3.05) is 19.8 Å². The number of carbonyl (C=O) groups is 1. The molecule has 0 radical (unpaired) electrons. The fourth-order valence-corrected chi connectivity index (χ4v) is 4.42. The predicted octanol–water partition coefficient (Wildman–Crippen LogP) is -1.96. The van der Waals surface area contributed by atoms with E-state index >= 15 is 0 Å². The van der Waals surface area contributed by atoms with Gasteiger partial charge in [-0.1, -0.05) is 0 Å². The molecule has 0 spiro atoms. The van der Waals surface area contributed by atoms with Crippen LogP contribution < -0.4 is 5.32 Å². The lowest BCUT2D eigenvalue weighted by atomic mass is 9.70. The van der Waals surface area contributed by atoms with E-state index in [-0.39, 0.29) is 0 Å². The molecule has 9 atom stereocenters. The number of hydrogen-bond donors (Lipinski definition) is 9. The van der Waals surface area contributed by atoms with Crippen LogP contribution in [0.5, 0.6) is 0 Å². The summed E-state index contributed by atoms with van der Waals surface area (Å²) in [4.78, 5) is 12.2. The Balaban J connectivity index is 2.14. The van der Waals surface area contributed by atoms with Gasteiger partial charge in [-0.25, -0.2) is 4.39 Å². The van der Waals surface area contributed by atoms with E-state index < -0.39 is 129 Å². The number of nitrogens with one attached hydrogen (secondary N) is 1. The second kappa shape index (κ2) is 12.8. The third-order valence-electron chi connectivity index (χ3n) is 7.20. The van der Waals surface area contributed by atoms with Gasteiger partial charge in [-0.15, -0.1) is 0 Å². The molecule has 0 aromatic carbocycles. The molecular formula is C21H28F11NO11. The lowest BCUT2D eigenvalue weighted by molar-refractivity contribution is -0.485. The van der Waals surface area contributed by atoms with Crippen LogP contribution in [-0.4, -0.2) is 157 Å². The van der Waals surface area contributed by atoms with E-state index in [0.717, 1.165) is 0 Å². The molecule has 44 heavy (non-hydrogen) atoms. The van der Waals surface area contributed by atoms with Gasteiger partial charge in [-0.2, -0.15) is 43.9 Å². The summed E-state index contributed by atoms with van der Waals surface area (Å²) in [7, 11) is 0. The number of rotatable bonds is 12. The zero-order valence-electron chi connectivity index (χ0n) is 21.7. The monoisotopic (exact) mass is 679 g/mol. The molecular weight excluding hydrogens is 651 g/mol. The third kappa shape index (κ3) is 5.72. The Morgan fingerprint density at radius 2 is 1.25 bits per heavy atom. The van der Waals surface area contributed by atoms with Crippen molar-refractivity contribution in [3.05, 3.63) is 0 Å². The van der Waals surface area contributed by atoms with Crippen molar-refractivity contribution in [1.82, 2.24) is 5.32 Å². The number of alkyl halides is 11. The molecule has 2 fully saturated rings. The minimum Gasteiger partial charge on any atom is -0.394 e. The van der Waals surface area contributed by atoms with Crippen LogP contribution in [0.2, 0.25) is 0 Å². The maximum absolute atomic E-state index is 14.7. The van der Waals surface area contributed by atoms with Crippen molar-refractivity contribution in [2.24, 2.45) is 0 Å². The second-order valence-electron chi connectivity index (χ2n) is 10.1. The topological polar surface area (TPSA) is 209 Å². The number of ether oxygens (including phenoxy) is 2. The van der Waals surface area contributed by atoms with Gasteiger partial charge in [0.1, 0.15) is 42.7 Å². The van der Waals surface area contributed by atoms with Crippen molar-refractivity contribution in [3.63, 3.8) is 0 Å². The Morgan fingerprint density at radius 3 is 1.70 bits per heavy atom. The molecule has 2 rings (SSSR count). The standard InChI is InChI=1S/C21H28F11NO11/c22-16(17(23,24)19(27,28)21(31,32)20(29,30)18(16,25)26)2-1-3-33-14(42)11(40)10(39)13(6(36)4-34)44-15-12(41)9(38)8(37)7(5-35)43-15/h6-13,15,34-41H,1-5H2,(H,33,42)/t6?,7?,8-,9-,10-,11?,12?,13+,15-/m0/s1. The van der Waals surface area contributed by atoms with E-state index in [1.54, 1.807) is 0 Å². The minimum absolute atomic E-state index is 0.985. The first-order chi connectivity index (χ1) is 19.8. The molecule has 0 bridgehead atoms. The van der Waals surface area contributed by atoms with Crippen LogP contribution in [0.1, 0.15) is 12.8 Å². The maximum atomic E-state index is 14.7. The van der Waals surface area contributed by atoms with E-state index in [2.05, 4.69) is 0 Å². The fourth-order valence-electron chi connectivity index (χ4n) is 4.42. The van der Waals surface area contributed by atoms with Crippen LogP contribution in [0, 0.1) is 0 Å². The van der Waals surface area contributed by atoms with Crippen molar-refractivity contribution < 1.29 is 103 Å². The molecule has 4 unspecified atom stereocenters. The zero-order chi connectivity index (χ0) is 34.4. The normalized spacial score (nSPS) is 34.4. The molecule has 1 saturated carbocycles. The molecule has 1 amide bonds. The lowest BCUT2D eigenvalue weighted by Gasteiger charge is -2.52. The lowest BCUT2D eigenvalue weighted by Crippen LogP contribution is -2.83. The Morgan fingerprint density at radius 1 is 0.773 bits per heavy atom. The molecule has 0 aromatic rings. The fraction of sp³-hybridized carbons (Fsp3) is 0.952. The summed E-state index contributed by atoms with van der Waals surface area (Å²) < 4.78 is 162. The predicted molar refractivity (Wildman–Crippen MR) is 115 cm³/mol. The number of amides is 1. The Kier molecular flexibility index (Phi) is 11.2. The van der Waals surface area contributed by atoms with Crippen molar-refractivity contribution in [3.8, 4) is 0 Å². The molecule has 0 aromatic heterocycles. The van der Waals surface area contributed by atoms with Gasteiger partial charge in [0.05, 0.1) is 13.2 Å². The highest BCUT2D eigenvalue weighted by Crippen LogP contribution is 2.70. The molecule has 9 N–H and O–H groups in total. The summed E-state index contributed by atoms with van der Waals surface area (Å²) in [5, 5.41) is 79.8. The van der Waals surface area contributed by atoms with Crippen LogP contribution in [0.25, 0.3) is 0 Å². The van der Waals surface area contributed by atoms with E-state index in [0.29, 0.717) is 0 Å². The highest BCUT2D eigenvalue weighted by Gasteiger charge is 3.00. The molecule has 1 aliphatic heterocycles. The zero-order valence-corrected chi connectivity index (χ0v) is 21.7. The second-order valence-corrected chi connectivity index (χ2v) is 10.1. The molecule has 1 saturated heterocycles. The smallest absolute Gasteiger partial charge is 0.384 e. The molecule has 2 aliphatic rings. The van der Waals surface area contributed by atoms with Crippen LogP contribution in [0.15, 0.2) is 0 Å². The Hall–Kier alpha value is -1.70. The molecule has 260 valence electrons. The van der Waals surface area contributed by atoms with Gasteiger partial charge in [0.2, 0.25) is 5.67 Å². The first-order valence-electron chi connectivity index (χ1n) is 12.3. The van der Waals surface area contributed by atoms with Gasteiger partial charge < -0.3 is 55.6 Å². The molecule has 1 aliphatic carbocycles. The van der Waals surface area contributed by atoms with Crippen LogP contribution in [0.3, 0.4) is 0 Å². The number of hydrogen-bond acceptors (Lipinski definition) is 11. The average Bonchev–Trinajstić information content (AvgIpc) is 2.95. The average molecular weight is 679 g/mol. The van der Waals surface area contributed by atoms with Crippen molar-refractivity contribution >= 4 is 5.91 Å². The van der Waals surface area contributed by atoms with Gasteiger partial charge in [0.15, 0.2) is 12.4 Å². The highest BCUT2D eigenvalue weighted by atomic mass is 19.4. The summed E-state index contributed by atoms with van der Waals surface area (Å²) in [6, 6.07) is 0. The summed E-state index contributed by atoms with van der Waals surface area (Å²) in [5.74, 6) is -38.0. The van der Waals surface area contributed by atoms with Crippen LogP contribution >= 0.6 is 0 Å². The van der Waals surface area contributed by atoms with Gasteiger partial charge in [-0.3, -0.25) is 4.79 Å². The first kappa shape index (κ1) is 38.5. The number of aliphatic hydroxyl groups excluding tert-OH is 8. The van der Waals surface area contributed by atoms with Crippen molar-refractivity contribution in [2.45, 2.75) is 103 Å². The molecule has 12 nitrogen and oxygen atoms in total. The highest BCUT2D eigenvalue weighted by molar-refractivity contribution is 5.81. The van der Waals surface area contributed by atoms with Gasteiger partial charge in [0.25, 0.3) is 5.91 Å². The number of aliphatic hydroxyl groups is 8. The van der Waals surface area contributed by atoms with Gasteiger partial charge in [0, 0.05) is 6.54 Å². The van der Waals surface area contributed by atoms with E-state index in [9.17, 15) is 93.9 Å². The summed E-state index contributed by atoms with van der Waals surface area (Å²) in [6.07, 6.45) is -24.3. The SMILES string of the molecule is O=C(NCCCC1(F)C(F)(F)C(F)(F)C(F)(F)C(F)(F)C1(F)F)C(O)[C@H](O)[C@H](O[C@@H]1OC(CO)[C@H](O)[C@H](O)C1O)C(O)CO. The molecule has 1 heterocycles. The molecule has 23 heteroatoms. The third-order valence-corrected chi connectivity index (χ3v) is 7.20. The van der Waals surface area contributed by atoms with Gasteiger partial charge in [-0.05, 0) is 12.8 Å². The summed E-state index contributed by atoms with van der Waals surface area (Å²) in [5.41, 5.74) is -6.30. The quantitative estimate of drug-likeness (QED) is 0.0818. The number of halogens is 11. The maximum Gasteiger partial charge on any atom is 0.384 e. The van der Waals surface area contributed by atoms with Crippen LogP contribution in [0.4, 0.5) is 48.3 Å². The minimum atomic E-state index is -7.40. The van der Waals surface area contributed by atoms with Gasteiger partial charge >= 0.3 is 29.6 Å². The largest absolute Gasteiger partial charge is 0.394 e. The number of carbonyl (C=O) groups excluding carboxylic acids is 1. The summed E-state index contributed by atoms with van der Waals surface area (Å²) >= 11 is 0. The summed E-state index contributed by atoms with van der Waals surface area (Å²) in [6.45, 7) is -3.67. The van der Waals surface area contributed by atoms with Crippen LogP contribution in [-0.2, 0) is 14.3 Å². The Bertz CT molecular complexity index is 979. The first-order valence-corrected chi connectivity index (χ1v) is 12.3. The van der Waals surface area contributed by atoms with Crippen molar-refractivity contribution in [1.29, 1.82) is 0 Å². The van der Waals surface area contributed by atoms with E-state index in [1.165, 1.54) is 5.32 Å². The van der Waals surface area contributed by atoms with E-state index in [4.69, 9.17) is 9.47 Å².